The average Bonchev–Trinajstić information content (AvgIpc) is 2.95. The molecule has 12 heteroatoms. The van der Waals surface area contributed by atoms with Crippen LogP contribution in [0.3, 0.4) is 0 Å². The minimum absolute atomic E-state index is 0.0156. The maximum absolute atomic E-state index is 12.3. The SMILES string of the molecule is CS(=O)(=O)c1nnc(NC(=O)c2c(O)c3ccc(Cl)cc3oc2=O)s1. The van der Waals surface area contributed by atoms with Crippen LogP contribution in [0.5, 0.6) is 5.75 Å². The summed E-state index contributed by atoms with van der Waals surface area (Å²) >= 11 is 6.39. The Bertz CT molecular complexity index is 1170. The van der Waals surface area contributed by atoms with E-state index in [1.54, 1.807) is 0 Å². The van der Waals surface area contributed by atoms with Crippen molar-refractivity contribution in [2.24, 2.45) is 0 Å². The average molecular weight is 402 g/mol. The Morgan fingerprint density at radius 1 is 1.36 bits per heavy atom. The molecule has 3 rings (SSSR count). The van der Waals surface area contributed by atoms with E-state index in [0.29, 0.717) is 11.3 Å². The molecule has 0 spiro atoms. The Kier molecular flexibility index (Phi) is 4.22. The third-order valence-electron chi connectivity index (χ3n) is 3.01. The number of fused-ring (bicyclic) bond motifs is 1. The van der Waals surface area contributed by atoms with Crippen LogP contribution in [0.25, 0.3) is 11.0 Å². The molecule has 2 N–H and O–H groups in total. The van der Waals surface area contributed by atoms with Gasteiger partial charge in [-0.3, -0.25) is 10.1 Å². The molecule has 0 saturated heterocycles. The van der Waals surface area contributed by atoms with Gasteiger partial charge in [0.15, 0.2) is 5.56 Å². The second kappa shape index (κ2) is 6.10. The topological polar surface area (TPSA) is 139 Å². The fourth-order valence-corrected chi connectivity index (χ4v) is 3.59. The molecule has 0 aliphatic rings. The molecule has 0 atom stereocenters. The third-order valence-corrected chi connectivity index (χ3v) is 5.76. The van der Waals surface area contributed by atoms with Gasteiger partial charge in [0.25, 0.3) is 5.91 Å². The molecule has 25 heavy (non-hydrogen) atoms. The molecule has 0 saturated carbocycles. The summed E-state index contributed by atoms with van der Waals surface area (Å²) in [6.07, 6.45) is 0.939. The molecule has 0 fully saturated rings. The molecule has 0 aliphatic carbocycles. The molecule has 0 aliphatic heterocycles. The van der Waals surface area contributed by atoms with Crippen LogP contribution in [-0.2, 0) is 9.84 Å². The lowest BCUT2D eigenvalue weighted by Gasteiger charge is -2.05. The van der Waals surface area contributed by atoms with Gasteiger partial charge < -0.3 is 9.52 Å². The molecule has 9 nitrogen and oxygen atoms in total. The Morgan fingerprint density at radius 3 is 2.72 bits per heavy atom. The summed E-state index contributed by atoms with van der Waals surface area (Å²) in [6.45, 7) is 0. The third kappa shape index (κ3) is 3.34. The minimum atomic E-state index is -3.58. The number of hydrogen-bond acceptors (Lipinski definition) is 9. The van der Waals surface area contributed by atoms with Crippen molar-refractivity contribution in [2.45, 2.75) is 4.34 Å². The summed E-state index contributed by atoms with van der Waals surface area (Å²) in [7, 11) is -3.58. The first-order valence-electron chi connectivity index (χ1n) is 6.47. The summed E-state index contributed by atoms with van der Waals surface area (Å²) in [5, 5.41) is 19.6. The van der Waals surface area contributed by atoms with Gasteiger partial charge >= 0.3 is 5.63 Å². The predicted octanol–water partition coefficient (Wildman–Crippen LogP) is 1.66. The maximum Gasteiger partial charge on any atom is 0.353 e. The minimum Gasteiger partial charge on any atom is -0.506 e. The van der Waals surface area contributed by atoms with Gasteiger partial charge in [0, 0.05) is 17.3 Å². The highest BCUT2D eigenvalue weighted by molar-refractivity contribution is 7.92. The lowest BCUT2D eigenvalue weighted by Crippen LogP contribution is -2.21. The van der Waals surface area contributed by atoms with Gasteiger partial charge in [-0.2, -0.15) is 0 Å². The van der Waals surface area contributed by atoms with Gasteiger partial charge in [0.05, 0.1) is 5.39 Å². The molecule has 2 heterocycles. The molecule has 2 aromatic heterocycles. The van der Waals surface area contributed by atoms with Crippen molar-refractivity contribution >= 4 is 54.8 Å². The van der Waals surface area contributed by atoms with E-state index < -0.39 is 32.7 Å². The van der Waals surface area contributed by atoms with E-state index in [0.717, 1.165) is 6.26 Å². The van der Waals surface area contributed by atoms with E-state index in [-0.39, 0.29) is 25.5 Å². The number of aromatic nitrogens is 2. The molecule has 0 radical (unpaired) electrons. The van der Waals surface area contributed by atoms with Crippen LogP contribution in [0, 0.1) is 0 Å². The number of hydrogen-bond donors (Lipinski definition) is 2. The number of benzene rings is 1. The van der Waals surface area contributed by atoms with Gasteiger partial charge in [-0.25, -0.2) is 13.2 Å². The summed E-state index contributed by atoms with van der Waals surface area (Å²) in [6, 6.07) is 4.16. The number of sulfone groups is 1. The second-order valence-electron chi connectivity index (χ2n) is 4.85. The highest BCUT2D eigenvalue weighted by Crippen LogP contribution is 2.29. The number of carbonyl (C=O) groups excluding carboxylic acids is 1. The molecule has 0 unspecified atom stereocenters. The molecular formula is C13H8ClN3O6S2. The van der Waals surface area contributed by atoms with E-state index in [1.165, 1.54) is 18.2 Å². The fourth-order valence-electron chi connectivity index (χ4n) is 1.93. The first-order chi connectivity index (χ1) is 11.7. The Balaban J connectivity index is 2.01. The number of aromatic hydroxyl groups is 1. The number of amides is 1. The van der Waals surface area contributed by atoms with E-state index >= 15 is 0 Å². The van der Waals surface area contributed by atoms with Crippen molar-refractivity contribution in [1.82, 2.24) is 10.2 Å². The number of anilines is 1. The Labute approximate surface area is 148 Å². The highest BCUT2D eigenvalue weighted by Gasteiger charge is 2.23. The van der Waals surface area contributed by atoms with Crippen LogP contribution in [0.2, 0.25) is 5.02 Å². The monoisotopic (exact) mass is 401 g/mol. The standard InChI is InChI=1S/C13H8ClN3O6S2/c1-25(21,22)13-17-16-12(24-13)15-10(19)8-9(18)6-3-2-5(14)4-7(6)23-11(8)20/h2-4,18H,1H3,(H,15,16,19). The van der Waals surface area contributed by atoms with Gasteiger partial charge in [0.1, 0.15) is 11.3 Å². The second-order valence-corrected chi connectivity index (χ2v) is 8.46. The van der Waals surface area contributed by atoms with Crippen LogP contribution >= 0.6 is 22.9 Å². The summed E-state index contributed by atoms with van der Waals surface area (Å²) < 4.78 is 27.4. The number of halogens is 1. The maximum atomic E-state index is 12.3. The van der Waals surface area contributed by atoms with E-state index in [2.05, 4.69) is 15.5 Å². The van der Waals surface area contributed by atoms with Crippen molar-refractivity contribution in [3.05, 3.63) is 39.2 Å². The van der Waals surface area contributed by atoms with E-state index in [4.69, 9.17) is 16.0 Å². The Morgan fingerprint density at radius 2 is 2.08 bits per heavy atom. The summed E-state index contributed by atoms with van der Waals surface area (Å²) in [5.74, 6) is -1.60. The molecule has 130 valence electrons. The van der Waals surface area contributed by atoms with Gasteiger partial charge in [-0.1, -0.05) is 22.9 Å². The van der Waals surface area contributed by atoms with Gasteiger partial charge in [-0.15, -0.1) is 10.2 Å². The fraction of sp³-hybridized carbons (Fsp3) is 0.0769. The highest BCUT2D eigenvalue weighted by atomic mass is 35.5. The van der Waals surface area contributed by atoms with Crippen LogP contribution in [-0.4, -0.2) is 35.9 Å². The van der Waals surface area contributed by atoms with Crippen LogP contribution in [0.4, 0.5) is 5.13 Å². The van der Waals surface area contributed by atoms with Crippen molar-refractivity contribution < 1.29 is 22.7 Å². The summed E-state index contributed by atoms with van der Waals surface area (Å²) in [4.78, 5) is 24.3. The predicted molar refractivity (Wildman–Crippen MR) is 90.1 cm³/mol. The molecular weight excluding hydrogens is 394 g/mol. The largest absolute Gasteiger partial charge is 0.506 e. The number of carbonyl (C=O) groups is 1. The van der Waals surface area contributed by atoms with Crippen LogP contribution < -0.4 is 10.9 Å². The quantitative estimate of drug-likeness (QED) is 0.498. The van der Waals surface area contributed by atoms with Crippen molar-refractivity contribution in [3.8, 4) is 5.75 Å². The molecule has 3 aromatic rings. The number of rotatable bonds is 3. The van der Waals surface area contributed by atoms with Gasteiger partial charge in [0.2, 0.25) is 19.3 Å². The first kappa shape index (κ1) is 17.3. The van der Waals surface area contributed by atoms with Crippen molar-refractivity contribution in [2.75, 3.05) is 11.6 Å². The molecule has 1 amide bonds. The van der Waals surface area contributed by atoms with Crippen LogP contribution in [0.15, 0.2) is 31.8 Å². The van der Waals surface area contributed by atoms with Crippen molar-refractivity contribution in [1.29, 1.82) is 0 Å². The van der Waals surface area contributed by atoms with E-state index in [9.17, 15) is 23.1 Å². The zero-order valence-electron chi connectivity index (χ0n) is 12.3. The molecule has 1 aromatic carbocycles. The smallest absolute Gasteiger partial charge is 0.353 e. The number of nitrogens with zero attached hydrogens (tertiary/aromatic N) is 2. The first-order valence-corrected chi connectivity index (χ1v) is 9.55. The lowest BCUT2D eigenvalue weighted by molar-refractivity contribution is 0.102. The number of nitrogens with one attached hydrogen (secondary N) is 1. The zero-order chi connectivity index (χ0) is 18.4. The van der Waals surface area contributed by atoms with Crippen LogP contribution in [0.1, 0.15) is 10.4 Å². The zero-order valence-corrected chi connectivity index (χ0v) is 14.7. The van der Waals surface area contributed by atoms with E-state index in [1.807, 2.05) is 0 Å². The van der Waals surface area contributed by atoms with Crippen molar-refractivity contribution in [3.63, 3.8) is 0 Å². The normalized spacial score (nSPS) is 11.6. The Hall–Kier alpha value is -2.50. The van der Waals surface area contributed by atoms with Gasteiger partial charge in [-0.05, 0) is 12.1 Å². The summed E-state index contributed by atoms with van der Waals surface area (Å²) in [5.41, 5.74) is -1.72. The molecule has 0 bridgehead atoms. The lowest BCUT2D eigenvalue weighted by atomic mass is 10.1.